The molecular weight excluding hydrogens is 565 g/mol. The Bertz CT molecular complexity index is 1540. The minimum atomic E-state index is -0.558. The molecule has 222 valence electrons. The molecule has 0 saturated carbocycles. The van der Waals surface area contributed by atoms with Gasteiger partial charge in [-0.05, 0) is 62.7 Å². The average Bonchev–Trinajstić information content (AvgIpc) is 3.36. The summed E-state index contributed by atoms with van der Waals surface area (Å²) in [6.45, 7) is 7.61. The molecule has 2 aromatic heterocycles. The fourth-order valence-electron chi connectivity index (χ4n) is 4.46. The number of carbonyl (C=O) groups excluding carboxylic acids is 1. The van der Waals surface area contributed by atoms with Crippen molar-refractivity contribution in [2.24, 2.45) is 0 Å². The Morgan fingerprint density at radius 3 is 2.83 bits per heavy atom. The van der Waals surface area contributed by atoms with Crippen LogP contribution < -0.4 is 10.1 Å². The van der Waals surface area contributed by atoms with Crippen molar-refractivity contribution in [1.29, 1.82) is 0 Å². The van der Waals surface area contributed by atoms with Crippen molar-refractivity contribution in [1.82, 2.24) is 19.5 Å². The summed E-state index contributed by atoms with van der Waals surface area (Å²) in [4.78, 5) is 18.5. The van der Waals surface area contributed by atoms with Crippen molar-refractivity contribution in [2.45, 2.75) is 45.7 Å². The monoisotopic (exact) mass is 597 g/mol. The van der Waals surface area contributed by atoms with E-state index in [1.54, 1.807) is 33.7 Å². The van der Waals surface area contributed by atoms with E-state index in [2.05, 4.69) is 15.4 Å². The molecule has 0 spiro atoms. The molecule has 1 saturated heterocycles. The molecule has 10 nitrogen and oxygen atoms in total. The van der Waals surface area contributed by atoms with Gasteiger partial charge in [0.15, 0.2) is 5.82 Å². The minimum Gasteiger partial charge on any atom is -0.487 e. The maximum Gasteiger partial charge on any atom is 0.410 e. The number of hydrogen-bond acceptors (Lipinski definition) is 8. The molecule has 3 heterocycles. The number of rotatable bonds is 9. The lowest BCUT2D eigenvalue weighted by molar-refractivity contribution is -0.0749. The van der Waals surface area contributed by atoms with Crippen LogP contribution in [0.15, 0.2) is 61.1 Å². The van der Waals surface area contributed by atoms with Crippen molar-refractivity contribution in [3.05, 3.63) is 83.0 Å². The van der Waals surface area contributed by atoms with Crippen molar-refractivity contribution >= 4 is 34.7 Å². The maximum atomic E-state index is 13.5. The summed E-state index contributed by atoms with van der Waals surface area (Å²) in [5, 5.41) is 8.00. The number of nitrogens with one attached hydrogen (secondary N) is 1. The van der Waals surface area contributed by atoms with Crippen LogP contribution in [-0.4, -0.2) is 63.6 Å². The largest absolute Gasteiger partial charge is 0.487 e. The predicted molar refractivity (Wildman–Crippen MR) is 156 cm³/mol. The van der Waals surface area contributed by atoms with Crippen molar-refractivity contribution in [2.75, 3.05) is 31.6 Å². The zero-order valence-electron chi connectivity index (χ0n) is 23.7. The number of carbonyl (C=O) groups is 1. The van der Waals surface area contributed by atoms with Gasteiger partial charge in [0.1, 0.15) is 35.6 Å². The van der Waals surface area contributed by atoms with Crippen LogP contribution >= 0.6 is 11.6 Å². The van der Waals surface area contributed by atoms with Crippen LogP contribution in [0.2, 0.25) is 5.02 Å². The van der Waals surface area contributed by atoms with E-state index in [1.165, 1.54) is 18.5 Å². The quantitative estimate of drug-likeness (QED) is 0.251. The number of hydrogen-bond donors (Lipinski definition) is 1. The van der Waals surface area contributed by atoms with Gasteiger partial charge in [0.05, 0.1) is 37.5 Å². The van der Waals surface area contributed by atoms with Gasteiger partial charge >= 0.3 is 6.09 Å². The van der Waals surface area contributed by atoms with Gasteiger partial charge < -0.3 is 29.2 Å². The summed E-state index contributed by atoms with van der Waals surface area (Å²) in [7, 11) is 0. The third-order valence-electron chi connectivity index (χ3n) is 6.37. The van der Waals surface area contributed by atoms with Gasteiger partial charge in [-0.1, -0.05) is 23.7 Å². The van der Waals surface area contributed by atoms with Crippen LogP contribution in [-0.2, 0) is 27.4 Å². The standard InChI is InChI=1S/C30H33ClFN5O5/c1-30(2,3)42-29(38)36-11-12-40-24(15-36)18-39-17-21-9-10-37-27(21)28(33-19-34-37)35-23-7-8-26(25(31)14-23)41-16-20-5-4-6-22(32)13-20/h4-10,13-14,19,24H,11-12,15-18H2,1-3H3,(H,33,34,35)/t24-/m0/s1. The Morgan fingerprint density at radius 2 is 2.05 bits per heavy atom. The molecule has 5 rings (SSSR count). The lowest BCUT2D eigenvalue weighted by Crippen LogP contribution is -2.48. The van der Waals surface area contributed by atoms with Crippen LogP contribution in [0.4, 0.5) is 20.7 Å². The molecule has 1 amide bonds. The van der Waals surface area contributed by atoms with E-state index in [0.717, 1.165) is 11.1 Å². The highest BCUT2D eigenvalue weighted by atomic mass is 35.5. The van der Waals surface area contributed by atoms with Crippen LogP contribution in [0.5, 0.6) is 5.75 Å². The van der Waals surface area contributed by atoms with Gasteiger partial charge in [0.2, 0.25) is 0 Å². The lowest BCUT2D eigenvalue weighted by atomic mass is 10.2. The second-order valence-electron chi connectivity index (χ2n) is 10.9. The maximum absolute atomic E-state index is 13.5. The second kappa shape index (κ2) is 12.9. The van der Waals surface area contributed by atoms with Gasteiger partial charge in [0.25, 0.3) is 0 Å². The van der Waals surface area contributed by atoms with Crippen molar-refractivity contribution < 1.29 is 28.1 Å². The number of morpholine rings is 1. The Labute approximate surface area is 248 Å². The minimum absolute atomic E-state index is 0.190. The van der Waals surface area contributed by atoms with Crippen LogP contribution in [0.25, 0.3) is 5.52 Å². The Balaban J connectivity index is 1.20. The van der Waals surface area contributed by atoms with E-state index in [0.29, 0.717) is 60.8 Å². The molecule has 42 heavy (non-hydrogen) atoms. The highest BCUT2D eigenvalue weighted by Gasteiger charge is 2.28. The fraction of sp³-hybridized carbons (Fsp3) is 0.367. The normalized spacial score (nSPS) is 15.5. The molecule has 1 atom stereocenters. The topological polar surface area (TPSA) is 99.5 Å². The van der Waals surface area contributed by atoms with Gasteiger partial charge in [-0.25, -0.2) is 18.7 Å². The number of fused-ring (bicyclic) bond motifs is 1. The molecule has 1 aliphatic heterocycles. The van der Waals surface area contributed by atoms with Crippen molar-refractivity contribution in [3.8, 4) is 5.75 Å². The number of halogens is 2. The molecule has 1 aliphatic rings. The van der Waals surface area contributed by atoms with Gasteiger partial charge in [-0.15, -0.1) is 0 Å². The summed E-state index contributed by atoms with van der Waals surface area (Å²) in [6.07, 6.45) is 2.67. The Kier molecular flexibility index (Phi) is 9.10. The highest BCUT2D eigenvalue weighted by molar-refractivity contribution is 6.32. The number of ether oxygens (including phenoxy) is 4. The molecule has 12 heteroatoms. The summed E-state index contributed by atoms with van der Waals surface area (Å²) >= 11 is 6.48. The zero-order valence-corrected chi connectivity index (χ0v) is 24.4. The third-order valence-corrected chi connectivity index (χ3v) is 6.66. The van der Waals surface area contributed by atoms with E-state index in [-0.39, 0.29) is 24.6 Å². The van der Waals surface area contributed by atoms with E-state index in [1.807, 2.05) is 39.1 Å². The van der Waals surface area contributed by atoms with E-state index < -0.39 is 5.60 Å². The molecule has 0 aliphatic carbocycles. The van der Waals surface area contributed by atoms with Crippen molar-refractivity contribution in [3.63, 3.8) is 0 Å². The van der Waals surface area contributed by atoms with Gasteiger partial charge in [-0.2, -0.15) is 5.10 Å². The molecule has 0 bridgehead atoms. The van der Waals surface area contributed by atoms with E-state index >= 15 is 0 Å². The van der Waals surface area contributed by atoms with Crippen LogP contribution in [0, 0.1) is 5.82 Å². The fourth-order valence-corrected chi connectivity index (χ4v) is 4.69. The zero-order chi connectivity index (χ0) is 29.7. The first-order chi connectivity index (χ1) is 20.1. The lowest BCUT2D eigenvalue weighted by Gasteiger charge is -2.34. The smallest absolute Gasteiger partial charge is 0.410 e. The number of amides is 1. The summed E-state index contributed by atoms with van der Waals surface area (Å²) in [6, 6.07) is 13.4. The van der Waals surface area contributed by atoms with E-state index in [4.69, 9.17) is 30.5 Å². The number of nitrogens with zero attached hydrogens (tertiary/aromatic N) is 4. The van der Waals surface area contributed by atoms with E-state index in [9.17, 15) is 9.18 Å². The highest BCUT2D eigenvalue weighted by Crippen LogP contribution is 2.31. The summed E-state index contributed by atoms with van der Waals surface area (Å²) in [5.41, 5.74) is 2.47. The molecule has 2 aromatic carbocycles. The Hall–Kier alpha value is -3.93. The summed E-state index contributed by atoms with van der Waals surface area (Å²) < 4.78 is 38.3. The molecule has 4 aromatic rings. The second-order valence-corrected chi connectivity index (χ2v) is 11.3. The predicted octanol–water partition coefficient (Wildman–Crippen LogP) is 6.00. The average molecular weight is 598 g/mol. The first-order valence-corrected chi connectivity index (χ1v) is 13.9. The van der Waals surface area contributed by atoms with Gasteiger partial charge in [-0.3, -0.25) is 0 Å². The summed E-state index contributed by atoms with van der Waals surface area (Å²) in [5.74, 6) is 0.731. The first-order valence-electron chi connectivity index (χ1n) is 13.6. The third kappa shape index (κ3) is 7.67. The Morgan fingerprint density at radius 1 is 1.19 bits per heavy atom. The molecule has 0 unspecified atom stereocenters. The van der Waals surface area contributed by atoms with Gasteiger partial charge in [0, 0.05) is 24.0 Å². The number of anilines is 2. The van der Waals surface area contributed by atoms with Crippen LogP contribution in [0.3, 0.4) is 0 Å². The first kappa shape index (κ1) is 29.6. The molecular formula is C30H33ClFN5O5. The molecule has 0 radical (unpaired) electrons. The number of aromatic nitrogens is 3. The number of benzene rings is 2. The van der Waals surface area contributed by atoms with Crippen LogP contribution in [0.1, 0.15) is 31.9 Å². The SMILES string of the molecule is CC(C)(C)OC(=O)N1CCO[C@H](COCc2ccn3ncnc(Nc4ccc(OCc5cccc(F)c5)c(Cl)c4)c23)C1. The molecule has 1 fully saturated rings. The molecule has 1 N–H and O–H groups in total.